The topological polar surface area (TPSA) is 38.5 Å². The summed E-state index contributed by atoms with van der Waals surface area (Å²) in [6.45, 7) is 4.05. The molecule has 1 aliphatic rings. The quantitative estimate of drug-likeness (QED) is 0.864. The first-order valence-corrected chi connectivity index (χ1v) is 8.22. The van der Waals surface area contributed by atoms with Crippen molar-refractivity contribution in [1.82, 2.24) is 4.90 Å². The fraction of sp³-hybridized carbons (Fsp3) is 0.625. The maximum Gasteiger partial charge on any atom is 0.0469 e. The molecule has 0 amide bonds. The summed E-state index contributed by atoms with van der Waals surface area (Å²) in [4.78, 5) is 2.41. The predicted octanol–water partition coefficient (Wildman–Crippen LogP) is 3.20. The van der Waals surface area contributed by atoms with Gasteiger partial charge < -0.3 is 15.4 Å². The van der Waals surface area contributed by atoms with E-state index in [4.69, 9.17) is 10.5 Å². The van der Waals surface area contributed by atoms with Crippen LogP contribution in [0, 0.1) is 5.92 Å². The minimum Gasteiger partial charge on any atom is -0.381 e. The van der Waals surface area contributed by atoms with Gasteiger partial charge in [0.2, 0.25) is 0 Å². The average Bonchev–Trinajstić information content (AvgIpc) is 2.46. The Morgan fingerprint density at radius 2 is 2.05 bits per heavy atom. The van der Waals surface area contributed by atoms with Gasteiger partial charge in [-0.3, -0.25) is 0 Å². The minimum absolute atomic E-state index is 0.0997. The number of nitrogens with two attached hydrogens (primary N) is 1. The Bertz CT molecular complexity index is 407. The second-order valence-electron chi connectivity index (χ2n) is 5.73. The first-order chi connectivity index (χ1) is 9.66. The van der Waals surface area contributed by atoms with Gasteiger partial charge in [-0.25, -0.2) is 0 Å². The van der Waals surface area contributed by atoms with Crippen LogP contribution in [0.5, 0.6) is 0 Å². The Morgan fingerprint density at radius 1 is 1.35 bits per heavy atom. The van der Waals surface area contributed by atoms with Crippen molar-refractivity contribution in [2.45, 2.75) is 25.3 Å². The van der Waals surface area contributed by atoms with E-state index in [9.17, 15) is 0 Å². The van der Waals surface area contributed by atoms with E-state index in [1.165, 1.54) is 18.4 Å². The number of halogens is 1. The highest BCUT2D eigenvalue weighted by Crippen LogP contribution is 2.24. The zero-order valence-corrected chi connectivity index (χ0v) is 13.8. The van der Waals surface area contributed by atoms with E-state index in [0.717, 1.165) is 43.1 Å². The monoisotopic (exact) mass is 340 g/mol. The first kappa shape index (κ1) is 16.0. The summed E-state index contributed by atoms with van der Waals surface area (Å²) < 4.78 is 6.52. The van der Waals surface area contributed by atoms with Gasteiger partial charge in [0.15, 0.2) is 0 Å². The van der Waals surface area contributed by atoms with Crippen molar-refractivity contribution >= 4 is 15.9 Å². The molecule has 1 saturated heterocycles. The lowest BCUT2D eigenvalue weighted by Gasteiger charge is -2.27. The molecule has 2 rings (SSSR count). The van der Waals surface area contributed by atoms with Crippen LogP contribution in [0.2, 0.25) is 0 Å². The minimum atomic E-state index is 0.0997. The Kier molecular flexibility index (Phi) is 6.49. The highest BCUT2D eigenvalue weighted by Gasteiger charge is 2.16. The standard InChI is InChI=1S/C16H25BrN2O/c1-19(12-13-7-10-20-11-8-13)9-6-16(18)14-4-2-3-5-15(14)17/h2-5,13,16H,6-12,18H2,1H3. The van der Waals surface area contributed by atoms with Crippen LogP contribution < -0.4 is 5.73 Å². The third-order valence-corrected chi connectivity index (χ3v) is 4.76. The molecule has 3 nitrogen and oxygen atoms in total. The number of ether oxygens (including phenoxy) is 1. The van der Waals surface area contributed by atoms with Crippen LogP contribution in [0.25, 0.3) is 0 Å². The molecular weight excluding hydrogens is 316 g/mol. The van der Waals surface area contributed by atoms with Crippen LogP contribution in [0.15, 0.2) is 28.7 Å². The van der Waals surface area contributed by atoms with E-state index in [-0.39, 0.29) is 6.04 Å². The summed E-state index contributed by atoms with van der Waals surface area (Å²) in [6.07, 6.45) is 3.38. The molecule has 0 saturated carbocycles. The third-order valence-electron chi connectivity index (χ3n) is 4.04. The van der Waals surface area contributed by atoms with E-state index in [2.05, 4.69) is 40.0 Å². The first-order valence-electron chi connectivity index (χ1n) is 7.43. The Morgan fingerprint density at radius 3 is 2.75 bits per heavy atom. The summed E-state index contributed by atoms with van der Waals surface area (Å²) in [5.74, 6) is 0.786. The maximum atomic E-state index is 6.30. The molecule has 0 aliphatic carbocycles. The van der Waals surface area contributed by atoms with Crippen molar-refractivity contribution in [3.8, 4) is 0 Å². The largest absolute Gasteiger partial charge is 0.381 e. The lowest BCUT2D eigenvalue weighted by Crippen LogP contribution is -2.31. The van der Waals surface area contributed by atoms with Crippen LogP contribution in [0.3, 0.4) is 0 Å². The van der Waals surface area contributed by atoms with Crippen molar-refractivity contribution < 1.29 is 4.74 Å². The molecule has 0 radical (unpaired) electrons. The molecule has 0 aromatic heterocycles. The molecule has 1 aliphatic heterocycles. The number of hydrogen-bond acceptors (Lipinski definition) is 3. The van der Waals surface area contributed by atoms with Crippen LogP contribution in [0.4, 0.5) is 0 Å². The highest BCUT2D eigenvalue weighted by atomic mass is 79.9. The van der Waals surface area contributed by atoms with E-state index >= 15 is 0 Å². The fourth-order valence-corrected chi connectivity index (χ4v) is 3.33. The summed E-state index contributed by atoms with van der Waals surface area (Å²) >= 11 is 3.58. The van der Waals surface area contributed by atoms with E-state index in [1.54, 1.807) is 0 Å². The molecule has 4 heteroatoms. The van der Waals surface area contributed by atoms with Crippen molar-refractivity contribution in [2.24, 2.45) is 11.7 Å². The number of hydrogen-bond donors (Lipinski definition) is 1. The summed E-state index contributed by atoms with van der Waals surface area (Å²) in [6, 6.07) is 8.33. The second-order valence-corrected chi connectivity index (χ2v) is 6.59. The Balaban J connectivity index is 1.75. The number of rotatable bonds is 6. The zero-order valence-electron chi connectivity index (χ0n) is 12.2. The Hall–Kier alpha value is -0.420. The lowest BCUT2D eigenvalue weighted by atomic mass is 9.99. The molecule has 2 N–H and O–H groups in total. The van der Waals surface area contributed by atoms with Gasteiger partial charge in [-0.1, -0.05) is 34.1 Å². The van der Waals surface area contributed by atoms with Crippen molar-refractivity contribution in [2.75, 3.05) is 33.4 Å². The SMILES string of the molecule is CN(CCC(N)c1ccccc1Br)CC1CCOCC1. The molecule has 1 atom stereocenters. The van der Waals surface area contributed by atoms with Gasteiger partial charge in [-0.15, -0.1) is 0 Å². The molecule has 0 bridgehead atoms. The van der Waals surface area contributed by atoms with Gasteiger partial charge >= 0.3 is 0 Å². The number of nitrogens with zero attached hydrogens (tertiary/aromatic N) is 1. The summed E-state index contributed by atoms with van der Waals surface area (Å²) in [7, 11) is 2.20. The third kappa shape index (κ3) is 4.85. The highest BCUT2D eigenvalue weighted by molar-refractivity contribution is 9.10. The molecule has 1 aromatic rings. The van der Waals surface area contributed by atoms with Gasteiger partial charge in [0.25, 0.3) is 0 Å². The van der Waals surface area contributed by atoms with Crippen LogP contribution >= 0.6 is 15.9 Å². The van der Waals surface area contributed by atoms with Gasteiger partial charge in [0.05, 0.1) is 0 Å². The van der Waals surface area contributed by atoms with Crippen molar-refractivity contribution in [3.05, 3.63) is 34.3 Å². The number of benzene rings is 1. The zero-order chi connectivity index (χ0) is 14.4. The molecule has 1 fully saturated rings. The van der Waals surface area contributed by atoms with Gasteiger partial charge in [-0.05, 0) is 50.4 Å². The maximum absolute atomic E-state index is 6.30. The van der Waals surface area contributed by atoms with Gasteiger partial charge in [0, 0.05) is 30.3 Å². The van der Waals surface area contributed by atoms with Crippen LogP contribution in [-0.2, 0) is 4.74 Å². The van der Waals surface area contributed by atoms with Gasteiger partial charge in [-0.2, -0.15) is 0 Å². The smallest absolute Gasteiger partial charge is 0.0469 e. The molecule has 112 valence electrons. The predicted molar refractivity (Wildman–Crippen MR) is 86.7 cm³/mol. The van der Waals surface area contributed by atoms with Crippen LogP contribution in [-0.4, -0.2) is 38.3 Å². The normalized spacial score (nSPS) is 18.4. The molecule has 1 aromatic carbocycles. The Labute approximate surface area is 130 Å². The van der Waals surface area contributed by atoms with E-state index < -0.39 is 0 Å². The molecular formula is C16H25BrN2O. The molecule has 0 spiro atoms. The van der Waals surface area contributed by atoms with Crippen molar-refractivity contribution in [3.63, 3.8) is 0 Å². The molecule has 1 heterocycles. The van der Waals surface area contributed by atoms with E-state index in [0.29, 0.717) is 0 Å². The van der Waals surface area contributed by atoms with Crippen molar-refractivity contribution in [1.29, 1.82) is 0 Å². The van der Waals surface area contributed by atoms with Crippen LogP contribution in [0.1, 0.15) is 30.9 Å². The average molecular weight is 341 g/mol. The van der Waals surface area contributed by atoms with E-state index in [1.807, 2.05) is 12.1 Å². The van der Waals surface area contributed by atoms with Gasteiger partial charge in [0.1, 0.15) is 0 Å². The fourth-order valence-electron chi connectivity index (χ4n) is 2.75. The lowest BCUT2D eigenvalue weighted by molar-refractivity contribution is 0.0554. The second kappa shape index (κ2) is 8.13. The molecule has 20 heavy (non-hydrogen) atoms. The molecule has 1 unspecified atom stereocenters. The summed E-state index contributed by atoms with van der Waals surface area (Å²) in [5, 5.41) is 0. The summed E-state index contributed by atoms with van der Waals surface area (Å²) in [5.41, 5.74) is 7.50.